The van der Waals surface area contributed by atoms with Crippen molar-refractivity contribution in [3.63, 3.8) is 0 Å². The molecule has 0 heterocycles. The Balaban J connectivity index is 0.994. The Morgan fingerprint density at radius 1 is 0.205 bits per heavy atom. The molecule has 0 saturated carbocycles. The Hall–Kier alpha value is -9.50. The van der Waals surface area contributed by atoms with Gasteiger partial charge in [0.2, 0.25) is 0 Å². The van der Waals surface area contributed by atoms with Crippen molar-refractivity contribution in [3.05, 3.63) is 313 Å². The van der Waals surface area contributed by atoms with Gasteiger partial charge in [-0.2, -0.15) is 0 Å². The fraction of sp³-hybridized carbons (Fsp3) is 0.0141. The minimum atomic E-state index is -0.613. The van der Waals surface area contributed by atoms with Gasteiger partial charge in [0, 0.05) is 34.0 Å². The van der Waals surface area contributed by atoms with E-state index in [1.807, 2.05) is 0 Å². The lowest BCUT2D eigenvalue weighted by atomic mass is 9.70. The maximum Gasteiger partial charge on any atom is 0.0727 e. The van der Waals surface area contributed by atoms with Crippen LogP contribution >= 0.6 is 0 Å². The van der Waals surface area contributed by atoms with Crippen LogP contribution in [0.3, 0.4) is 0 Å². The van der Waals surface area contributed by atoms with Gasteiger partial charge in [0.25, 0.3) is 0 Å². The molecule has 12 aromatic rings. The van der Waals surface area contributed by atoms with Crippen molar-refractivity contribution in [1.82, 2.24) is 0 Å². The lowest BCUT2D eigenvalue weighted by Gasteiger charge is -2.34. The summed E-state index contributed by atoms with van der Waals surface area (Å²) >= 11 is 0. The quantitative estimate of drug-likeness (QED) is 0.142. The third-order valence-electron chi connectivity index (χ3n) is 15.2. The second-order valence-corrected chi connectivity index (χ2v) is 19.2. The number of para-hydroxylation sites is 1. The monoisotopic (exact) mass is 928 g/mol. The molecule has 2 heteroatoms. The van der Waals surface area contributed by atoms with Crippen LogP contribution in [-0.2, 0) is 5.41 Å². The number of hydrogen-bond acceptors (Lipinski definition) is 2. The summed E-state index contributed by atoms with van der Waals surface area (Å²) in [7, 11) is 0. The number of rotatable bonds is 9. The largest absolute Gasteiger partial charge is 0.310 e. The molecule has 2 aliphatic rings. The first kappa shape index (κ1) is 42.4. The minimum absolute atomic E-state index is 0.613. The molecule has 14 rings (SSSR count). The number of hydrogen-bond donors (Lipinski definition) is 0. The third-order valence-corrected chi connectivity index (χ3v) is 15.2. The van der Waals surface area contributed by atoms with E-state index in [0.717, 1.165) is 34.1 Å². The van der Waals surface area contributed by atoms with Crippen LogP contribution in [0.1, 0.15) is 22.3 Å². The Bertz CT molecular complexity index is 3900. The second-order valence-electron chi connectivity index (χ2n) is 19.2. The van der Waals surface area contributed by atoms with E-state index in [1.165, 1.54) is 88.7 Å². The molecule has 1 atom stereocenters. The molecular weight excluding hydrogens is 881 g/mol. The molecule has 0 radical (unpaired) electrons. The first-order valence-electron chi connectivity index (χ1n) is 25.2. The summed E-state index contributed by atoms with van der Waals surface area (Å²) in [5, 5.41) is 2.41. The highest BCUT2D eigenvalue weighted by atomic mass is 15.1. The zero-order valence-corrected chi connectivity index (χ0v) is 40.1. The van der Waals surface area contributed by atoms with E-state index in [-0.39, 0.29) is 0 Å². The molecule has 1 spiro atoms. The van der Waals surface area contributed by atoms with E-state index >= 15 is 0 Å². The summed E-state index contributed by atoms with van der Waals surface area (Å²) in [6, 6.07) is 107. The molecule has 0 aliphatic heterocycles. The van der Waals surface area contributed by atoms with Gasteiger partial charge in [-0.05, 0) is 156 Å². The molecular formula is C71H48N2. The van der Waals surface area contributed by atoms with E-state index < -0.39 is 5.41 Å². The fourth-order valence-electron chi connectivity index (χ4n) is 12.0. The SMILES string of the molecule is c1ccc(-c2ccc(N(c3ccc(-c4ccccc4)cc3)c3ccc4c(c3)C3(c5ccccc5-4)c4ccccc4-c4ccc(N(c5ccccc5)c5cc6ccccc6cc5-c5ccccc5)cc43)cc2)cc1. The molecule has 0 N–H and O–H groups in total. The molecule has 1 unspecified atom stereocenters. The van der Waals surface area contributed by atoms with Gasteiger partial charge in [0.15, 0.2) is 0 Å². The first-order valence-corrected chi connectivity index (χ1v) is 25.2. The summed E-state index contributed by atoms with van der Waals surface area (Å²) < 4.78 is 0. The van der Waals surface area contributed by atoms with Crippen molar-refractivity contribution in [2.75, 3.05) is 9.80 Å². The fourth-order valence-corrected chi connectivity index (χ4v) is 12.0. The van der Waals surface area contributed by atoms with Crippen molar-refractivity contribution in [1.29, 1.82) is 0 Å². The Morgan fingerprint density at radius 2 is 0.562 bits per heavy atom. The average molecular weight is 929 g/mol. The Morgan fingerprint density at radius 3 is 1.07 bits per heavy atom. The van der Waals surface area contributed by atoms with Crippen molar-refractivity contribution in [3.8, 4) is 55.6 Å². The topological polar surface area (TPSA) is 6.48 Å². The van der Waals surface area contributed by atoms with Crippen LogP contribution < -0.4 is 9.80 Å². The molecule has 0 fully saturated rings. The summed E-state index contributed by atoms with van der Waals surface area (Å²) in [6.45, 7) is 0. The summed E-state index contributed by atoms with van der Waals surface area (Å²) in [4.78, 5) is 4.91. The highest BCUT2D eigenvalue weighted by Crippen LogP contribution is 2.64. The molecule has 0 bridgehead atoms. The van der Waals surface area contributed by atoms with Crippen molar-refractivity contribution < 1.29 is 0 Å². The lowest BCUT2D eigenvalue weighted by molar-refractivity contribution is 0.793. The van der Waals surface area contributed by atoms with Gasteiger partial charge in [-0.3, -0.25) is 0 Å². The summed E-state index contributed by atoms with van der Waals surface area (Å²) in [5.74, 6) is 0. The van der Waals surface area contributed by atoms with Crippen LogP contribution in [0.2, 0.25) is 0 Å². The number of fused-ring (bicyclic) bond motifs is 11. The van der Waals surface area contributed by atoms with Crippen LogP contribution in [0.4, 0.5) is 34.1 Å². The molecule has 0 aromatic heterocycles. The van der Waals surface area contributed by atoms with Crippen LogP contribution in [0, 0.1) is 0 Å². The molecule has 2 aliphatic carbocycles. The standard InChI is InChI=1S/C71H48N2/c1-5-19-49(20-6-1)51-33-37-57(38-34-51)72(58-39-35-52(36-40-58)50-21-7-2-8-22-50)59-41-43-63-61-29-15-17-31-66(61)71(68(63)47-59)67-32-18-16-30-62(67)64-44-42-60(48-69(64)71)73(56-27-11-4-12-28-56)70-46-55-26-14-13-25-54(55)45-65(70)53-23-9-3-10-24-53/h1-48H. The molecule has 0 saturated heterocycles. The van der Waals surface area contributed by atoms with E-state index in [9.17, 15) is 0 Å². The van der Waals surface area contributed by atoms with E-state index in [4.69, 9.17) is 0 Å². The zero-order valence-electron chi connectivity index (χ0n) is 40.1. The molecule has 0 amide bonds. The Labute approximate surface area is 427 Å². The molecule has 2 nitrogen and oxygen atoms in total. The number of anilines is 6. The van der Waals surface area contributed by atoms with Gasteiger partial charge in [-0.25, -0.2) is 0 Å². The maximum absolute atomic E-state index is 2.51. The van der Waals surface area contributed by atoms with Crippen LogP contribution in [0.5, 0.6) is 0 Å². The third kappa shape index (κ3) is 6.94. The van der Waals surface area contributed by atoms with Crippen molar-refractivity contribution >= 4 is 44.9 Å². The lowest BCUT2D eigenvalue weighted by Crippen LogP contribution is -2.26. The van der Waals surface area contributed by atoms with E-state index in [2.05, 4.69) is 301 Å². The van der Waals surface area contributed by atoms with Crippen LogP contribution in [0.15, 0.2) is 291 Å². The van der Waals surface area contributed by atoms with Gasteiger partial charge >= 0.3 is 0 Å². The smallest absolute Gasteiger partial charge is 0.0727 e. The van der Waals surface area contributed by atoms with Gasteiger partial charge in [0.1, 0.15) is 0 Å². The number of nitrogens with zero attached hydrogens (tertiary/aromatic N) is 2. The van der Waals surface area contributed by atoms with E-state index in [1.54, 1.807) is 0 Å². The number of benzene rings is 12. The first-order chi connectivity index (χ1) is 36.2. The van der Waals surface area contributed by atoms with Crippen molar-refractivity contribution in [2.24, 2.45) is 0 Å². The van der Waals surface area contributed by atoms with Gasteiger partial charge in [-0.15, -0.1) is 0 Å². The molecule has 73 heavy (non-hydrogen) atoms. The minimum Gasteiger partial charge on any atom is -0.310 e. The highest BCUT2D eigenvalue weighted by molar-refractivity contribution is 6.01. The second kappa shape index (κ2) is 17.4. The van der Waals surface area contributed by atoms with Crippen LogP contribution in [0.25, 0.3) is 66.4 Å². The highest BCUT2D eigenvalue weighted by Gasteiger charge is 2.52. The van der Waals surface area contributed by atoms with E-state index in [0.29, 0.717) is 0 Å². The summed E-state index contributed by atoms with van der Waals surface area (Å²) in [5.41, 5.74) is 23.3. The molecule has 342 valence electrons. The predicted molar refractivity (Wildman–Crippen MR) is 306 cm³/mol. The van der Waals surface area contributed by atoms with Crippen LogP contribution in [-0.4, -0.2) is 0 Å². The predicted octanol–water partition coefficient (Wildman–Crippen LogP) is 19.1. The Kier molecular flexibility index (Phi) is 10.1. The van der Waals surface area contributed by atoms with Gasteiger partial charge in [-0.1, -0.05) is 218 Å². The maximum atomic E-state index is 2.51. The molecule has 12 aromatic carbocycles. The van der Waals surface area contributed by atoms with Gasteiger partial charge < -0.3 is 9.80 Å². The summed E-state index contributed by atoms with van der Waals surface area (Å²) in [6.07, 6.45) is 0. The van der Waals surface area contributed by atoms with Crippen molar-refractivity contribution in [2.45, 2.75) is 5.41 Å². The normalized spacial score (nSPS) is 13.8. The average Bonchev–Trinajstić information content (AvgIpc) is 4.01. The zero-order chi connectivity index (χ0) is 48.3. The van der Waals surface area contributed by atoms with Gasteiger partial charge in [0.05, 0.1) is 11.1 Å².